The Morgan fingerprint density at radius 2 is 2.08 bits per heavy atom. The minimum Gasteiger partial charge on any atom is -0.492 e. The maximum Gasteiger partial charge on any atom is 0.343 e. The molecule has 0 fully saturated rings. The van der Waals surface area contributed by atoms with Crippen molar-refractivity contribution in [2.24, 2.45) is 0 Å². The summed E-state index contributed by atoms with van der Waals surface area (Å²) >= 11 is 0. The lowest BCUT2D eigenvalue weighted by Crippen LogP contribution is -2.28. The first-order valence-corrected chi connectivity index (χ1v) is 7.09. The number of methoxy groups -OCH3 is 1. The Labute approximate surface area is 137 Å². The van der Waals surface area contributed by atoms with Gasteiger partial charge in [0.15, 0.2) is 0 Å². The van der Waals surface area contributed by atoms with Crippen LogP contribution >= 0.6 is 0 Å². The summed E-state index contributed by atoms with van der Waals surface area (Å²) < 4.78 is 11.1. The number of nitro groups is 1. The van der Waals surface area contributed by atoms with E-state index in [-0.39, 0.29) is 24.4 Å². The highest BCUT2D eigenvalue weighted by molar-refractivity contribution is 5.89. The van der Waals surface area contributed by atoms with Crippen LogP contribution in [0, 0.1) is 17.0 Å². The van der Waals surface area contributed by atoms with Crippen molar-refractivity contribution in [2.75, 3.05) is 13.7 Å². The number of nitrogens with zero attached hydrogens (tertiary/aromatic N) is 2. The predicted octanol–water partition coefficient (Wildman–Crippen LogP) is 1.93. The van der Waals surface area contributed by atoms with Crippen molar-refractivity contribution < 1.29 is 19.2 Å². The van der Waals surface area contributed by atoms with Gasteiger partial charge in [-0.3, -0.25) is 14.9 Å². The lowest BCUT2D eigenvalue weighted by atomic mass is 10.2. The van der Waals surface area contributed by atoms with Gasteiger partial charge in [0.1, 0.15) is 17.9 Å². The molecule has 126 valence electrons. The van der Waals surface area contributed by atoms with Gasteiger partial charge in [-0.15, -0.1) is 0 Å². The largest absolute Gasteiger partial charge is 0.492 e. The Bertz CT molecular complexity index is 828. The highest BCUT2D eigenvalue weighted by atomic mass is 16.6. The van der Waals surface area contributed by atoms with Crippen molar-refractivity contribution in [3.8, 4) is 5.75 Å². The van der Waals surface area contributed by atoms with Crippen LogP contribution in [0.2, 0.25) is 0 Å². The average Bonchev–Trinajstić information content (AvgIpc) is 2.55. The Kier molecular flexibility index (Phi) is 5.31. The number of pyridine rings is 1. The lowest BCUT2D eigenvalue weighted by Gasteiger charge is -2.10. The van der Waals surface area contributed by atoms with E-state index in [4.69, 9.17) is 4.74 Å². The second-order valence-electron chi connectivity index (χ2n) is 5.02. The summed E-state index contributed by atoms with van der Waals surface area (Å²) in [7, 11) is 1.10. The van der Waals surface area contributed by atoms with Crippen LogP contribution in [0.3, 0.4) is 0 Å². The highest BCUT2D eigenvalue weighted by Gasteiger charge is 2.19. The molecular weight excluding hydrogens is 316 g/mol. The monoisotopic (exact) mass is 332 g/mol. The van der Waals surface area contributed by atoms with Gasteiger partial charge < -0.3 is 14.0 Å². The molecule has 0 saturated heterocycles. The molecule has 0 saturated carbocycles. The van der Waals surface area contributed by atoms with Gasteiger partial charge >= 0.3 is 5.97 Å². The lowest BCUT2D eigenvalue weighted by molar-refractivity contribution is -0.385. The van der Waals surface area contributed by atoms with Crippen LogP contribution in [0.1, 0.15) is 15.9 Å². The van der Waals surface area contributed by atoms with E-state index in [9.17, 15) is 19.7 Å². The molecule has 0 aliphatic carbocycles. The molecule has 2 aromatic rings. The molecular formula is C16H16N2O6. The summed E-state index contributed by atoms with van der Waals surface area (Å²) in [6.45, 7) is 2.09. The third-order valence-corrected chi connectivity index (χ3v) is 3.28. The zero-order valence-corrected chi connectivity index (χ0v) is 13.2. The second-order valence-corrected chi connectivity index (χ2v) is 5.02. The Morgan fingerprint density at radius 1 is 1.33 bits per heavy atom. The van der Waals surface area contributed by atoms with Crippen molar-refractivity contribution in [3.05, 3.63) is 68.1 Å². The molecule has 0 bridgehead atoms. The minimum absolute atomic E-state index is 0.0540. The molecule has 0 amide bonds. The molecule has 1 heterocycles. The molecule has 8 heteroatoms. The second kappa shape index (κ2) is 7.40. The molecule has 0 spiro atoms. The van der Waals surface area contributed by atoms with Gasteiger partial charge in [-0.25, -0.2) is 4.79 Å². The fourth-order valence-electron chi connectivity index (χ4n) is 2.11. The summed E-state index contributed by atoms with van der Waals surface area (Å²) in [5.74, 6) is -0.293. The van der Waals surface area contributed by atoms with Crippen LogP contribution in [0.25, 0.3) is 0 Å². The number of aromatic nitrogens is 1. The first-order valence-electron chi connectivity index (χ1n) is 7.09. The Balaban J connectivity index is 2.22. The van der Waals surface area contributed by atoms with E-state index in [0.29, 0.717) is 5.75 Å². The van der Waals surface area contributed by atoms with Crippen molar-refractivity contribution in [1.82, 2.24) is 4.57 Å². The standard InChI is InChI=1S/C16H16N2O6/c1-11-4-3-5-13(8-11)24-7-6-17-10-12(18(21)22)9-14(15(17)19)16(20)23-2/h3-5,8-10H,6-7H2,1-2H3. The van der Waals surface area contributed by atoms with E-state index in [1.807, 2.05) is 25.1 Å². The maximum atomic E-state index is 12.2. The quantitative estimate of drug-likeness (QED) is 0.455. The van der Waals surface area contributed by atoms with E-state index < -0.39 is 16.5 Å². The molecule has 1 aromatic carbocycles. The van der Waals surface area contributed by atoms with Gasteiger partial charge in [-0.2, -0.15) is 0 Å². The van der Waals surface area contributed by atoms with Gasteiger partial charge in [0.05, 0.1) is 24.8 Å². The van der Waals surface area contributed by atoms with Gasteiger partial charge in [0.25, 0.3) is 11.2 Å². The maximum absolute atomic E-state index is 12.2. The van der Waals surface area contributed by atoms with Gasteiger partial charge in [0.2, 0.25) is 0 Å². The topological polar surface area (TPSA) is 101 Å². The molecule has 0 aliphatic rings. The molecule has 0 atom stereocenters. The number of benzene rings is 1. The van der Waals surface area contributed by atoms with E-state index in [0.717, 1.165) is 29.5 Å². The number of rotatable bonds is 6. The molecule has 0 radical (unpaired) electrons. The SMILES string of the molecule is COC(=O)c1cc([N+](=O)[O-])cn(CCOc2cccc(C)c2)c1=O. The van der Waals surface area contributed by atoms with Crippen molar-refractivity contribution in [1.29, 1.82) is 0 Å². The van der Waals surface area contributed by atoms with E-state index in [1.54, 1.807) is 6.07 Å². The third kappa shape index (κ3) is 3.97. The number of hydrogen-bond donors (Lipinski definition) is 0. The number of aryl methyl sites for hydroxylation is 1. The molecule has 2 rings (SSSR count). The van der Waals surface area contributed by atoms with Crippen molar-refractivity contribution in [2.45, 2.75) is 13.5 Å². The van der Waals surface area contributed by atoms with Gasteiger partial charge in [-0.05, 0) is 24.6 Å². The van der Waals surface area contributed by atoms with Crippen molar-refractivity contribution >= 4 is 11.7 Å². The number of esters is 1. The number of carbonyl (C=O) groups excluding carboxylic acids is 1. The van der Waals surface area contributed by atoms with Crippen LogP contribution in [0.5, 0.6) is 5.75 Å². The zero-order valence-electron chi connectivity index (χ0n) is 13.2. The van der Waals surface area contributed by atoms with Gasteiger partial charge in [-0.1, -0.05) is 12.1 Å². The molecule has 1 aromatic heterocycles. The van der Waals surface area contributed by atoms with Gasteiger partial charge in [0, 0.05) is 6.07 Å². The molecule has 24 heavy (non-hydrogen) atoms. The van der Waals surface area contributed by atoms with Crippen LogP contribution in [0.15, 0.2) is 41.3 Å². The van der Waals surface area contributed by atoms with Crippen molar-refractivity contribution in [3.63, 3.8) is 0 Å². The highest BCUT2D eigenvalue weighted by Crippen LogP contribution is 2.13. The van der Waals surface area contributed by atoms with E-state index in [2.05, 4.69) is 4.74 Å². The Morgan fingerprint density at radius 3 is 2.71 bits per heavy atom. The summed E-state index contributed by atoms with van der Waals surface area (Å²) in [5.41, 5.74) is -0.402. The molecule has 0 N–H and O–H groups in total. The van der Waals surface area contributed by atoms with E-state index in [1.165, 1.54) is 0 Å². The fraction of sp³-hybridized carbons (Fsp3) is 0.250. The smallest absolute Gasteiger partial charge is 0.343 e. The average molecular weight is 332 g/mol. The van der Waals surface area contributed by atoms with Crippen LogP contribution in [-0.4, -0.2) is 29.2 Å². The number of hydrogen-bond acceptors (Lipinski definition) is 6. The molecule has 0 aliphatic heterocycles. The van der Waals surface area contributed by atoms with Crippen LogP contribution in [-0.2, 0) is 11.3 Å². The minimum atomic E-state index is -0.919. The molecule has 0 unspecified atom stereocenters. The number of carbonyl (C=O) groups is 1. The fourth-order valence-corrected chi connectivity index (χ4v) is 2.11. The first kappa shape index (κ1) is 17.2. The summed E-state index contributed by atoms with van der Waals surface area (Å²) in [6.07, 6.45) is 1.08. The molecule has 8 nitrogen and oxygen atoms in total. The van der Waals surface area contributed by atoms with Crippen LogP contribution in [0.4, 0.5) is 5.69 Å². The van der Waals surface area contributed by atoms with E-state index >= 15 is 0 Å². The first-order chi connectivity index (χ1) is 11.4. The number of ether oxygens (including phenoxy) is 2. The zero-order chi connectivity index (χ0) is 17.7. The van der Waals surface area contributed by atoms with Crippen LogP contribution < -0.4 is 10.3 Å². The summed E-state index contributed by atoms with van der Waals surface area (Å²) in [6, 6.07) is 8.26. The predicted molar refractivity (Wildman–Crippen MR) is 85.4 cm³/mol. The Hall–Kier alpha value is -3.16. The summed E-state index contributed by atoms with van der Waals surface area (Å²) in [5, 5.41) is 11.0. The third-order valence-electron chi connectivity index (χ3n) is 3.28. The summed E-state index contributed by atoms with van der Waals surface area (Å²) in [4.78, 5) is 34.1. The normalized spacial score (nSPS) is 10.2.